The molecule has 0 bridgehead atoms. The SMILES string of the molecule is Cl.O=C(CN1CCC2(CCNC2)C1)NC1CC1. The fourth-order valence-corrected chi connectivity index (χ4v) is 3.01. The van der Waals surface area contributed by atoms with Crippen molar-refractivity contribution in [3.05, 3.63) is 0 Å². The van der Waals surface area contributed by atoms with E-state index >= 15 is 0 Å². The molecule has 1 saturated carbocycles. The van der Waals surface area contributed by atoms with Gasteiger partial charge in [-0.15, -0.1) is 12.4 Å². The summed E-state index contributed by atoms with van der Waals surface area (Å²) in [7, 11) is 0. The maximum absolute atomic E-state index is 11.7. The summed E-state index contributed by atoms with van der Waals surface area (Å²) >= 11 is 0. The van der Waals surface area contributed by atoms with E-state index in [1.54, 1.807) is 0 Å². The van der Waals surface area contributed by atoms with Gasteiger partial charge < -0.3 is 10.6 Å². The maximum Gasteiger partial charge on any atom is 0.234 e. The molecule has 5 heteroatoms. The van der Waals surface area contributed by atoms with Gasteiger partial charge >= 0.3 is 0 Å². The zero-order valence-corrected chi connectivity index (χ0v) is 11.0. The molecule has 0 radical (unpaired) electrons. The lowest BCUT2D eigenvalue weighted by atomic mass is 9.87. The summed E-state index contributed by atoms with van der Waals surface area (Å²) in [4.78, 5) is 14.0. The molecule has 2 N–H and O–H groups in total. The molecule has 2 aliphatic heterocycles. The van der Waals surface area contributed by atoms with Crippen molar-refractivity contribution in [1.82, 2.24) is 15.5 Å². The van der Waals surface area contributed by atoms with Crippen LogP contribution in [0.3, 0.4) is 0 Å². The van der Waals surface area contributed by atoms with Crippen molar-refractivity contribution >= 4 is 18.3 Å². The minimum Gasteiger partial charge on any atom is -0.352 e. The van der Waals surface area contributed by atoms with Gasteiger partial charge in [0.05, 0.1) is 6.54 Å². The lowest BCUT2D eigenvalue weighted by Crippen LogP contribution is -2.38. The lowest BCUT2D eigenvalue weighted by Gasteiger charge is -2.22. The molecule has 17 heavy (non-hydrogen) atoms. The van der Waals surface area contributed by atoms with Gasteiger partial charge in [-0.2, -0.15) is 0 Å². The summed E-state index contributed by atoms with van der Waals surface area (Å²) < 4.78 is 0. The van der Waals surface area contributed by atoms with E-state index in [9.17, 15) is 4.79 Å². The minimum absolute atomic E-state index is 0. The summed E-state index contributed by atoms with van der Waals surface area (Å²) in [5.41, 5.74) is 0.486. The van der Waals surface area contributed by atoms with E-state index in [-0.39, 0.29) is 18.3 Å². The van der Waals surface area contributed by atoms with Gasteiger partial charge in [-0.05, 0) is 44.2 Å². The number of amides is 1. The zero-order valence-electron chi connectivity index (χ0n) is 10.2. The number of nitrogens with zero attached hydrogens (tertiary/aromatic N) is 1. The quantitative estimate of drug-likeness (QED) is 0.770. The van der Waals surface area contributed by atoms with Gasteiger partial charge in [0.2, 0.25) is 5.91 Å². The van der Waals surface area contributed by atoms with Crippen LogP contribution in [0, 0.1) is 5.41 Å². The van der Waals surface area contributed by atoms with E-state index in [4.69, 9.17) is 0 Å². The predicted octanol–water partition coefficient (Wildman–Crippen LogP) is 0.372. The molecule has 1 amide bonds. The highest BCUT2D eigenvalue weighted by Gasteiger charge is 2.40. The molecule has 98 valence electrons. The van der Waals surface area contributed by atoms with Crippen molar-refractivity contribution in [3.63, 3.8) is 0 Å². The molecule has 1 atom stereocenters. The molecule has 0 aromatic heterocycles. The molecule has 1 unspecified atom stereocenters. The van der Waals surface area contributed by atoms with Crippen LogP contribution in [0.5, 0.6) is 0 Å². The number of likely N-dealkylation sites (tertiary alicyclic amines) is 1. The fourth-order valence-electron chi connectivity index (χ4n) is 3.01. The van der Waals surface area contributed by atoms with Crippen molar-refractivity contribution in [3.8, 4) is 0 Å². The summed E-state index contributed by atoms with van der Waals surface area (Å²) in [5.74, 6) is 0.227. The van der Waals surface area contributed by atoms with Crippen LogP contribution in [0.4, 0.5) is 0 Å². The van der Waals surface area contributed by atoms with E-state index in [2.05, 4.69) is 15.5 Å². The third-order valence-corrected chi connectivity index (χ3v) is 4.16. The maximum atomic E-state index is 11.7. The Hall–Kier alpha value is -0.320. The summed E-state index contributed by atoms with van der Waals surface area (Å²) in [6, 6.07) is 0.497. The van der Waals surface area contributed by atoms with Crippen molar-refractivity contribution < 1.29 is 4.79 Å². The normalized spacial score (nSPS) is 32.7. The van der Waals surface area contributed by atoms with Gasteiger partial charge in [-0.1, -0.05) is 0 Å². The minimum atomic E-state index is 0. The first kappa shape index (κ1) is 13.1. The Morgan fingerprint density at radius 1 is 1.41 bits per heavy atom. The molecule has 4 nitrogen and oxygen atoms in total. The third kappa shape index (κ3) is 3.12. The Labute approximate surface area is 109 Å². The molecule has 0 aromatic rings. The van der Waals surface area contributed by atoms with Crippen LogP contribution in [0.25, 0.3) is 0 Å². The Morgan fingerprint density at radius 2 is 2.24 bits per heavy atom. The van der Waals surface area contributed by atoms with Gasteiger partial charge in [-0.3, -0.25) is 9.69 Å². The van der Waals surface area contributed by atoms with Crippen molar-refractivity contribution in [2.24, 2.45) is 5.41 Å². The molecule has 3 fully saturated rings. The zero-order chi connectivity index (χ0) is 11.0. The van der Waals surface area contributed by atoms with Gasteiger partial charge in [0.1, 0.15) is 0 Å². The number of nitrogens with one attached hydrogen (secondary N) is 2. The molecule has 3 aliphatic rings. The molecule has 1 aliphatic carbocycles. The first-order valence-corrected chi connectivity index (χ1v) is 6.48. The van der Waals surface area contributed by atoms with Crippen LogP contribution in [-0.4, -0.2) is 49.6 Å². The van der Waals surface area contributed by atoms with E-state index in [0.29, 0.717) is 18.0 Å². The molecule has 3 rings (SSSR count). The number of rotatable bonds is 3. The predicted molar refractivity (Wildman–Crippen MR) is 69.4 cm³/mol. The second-order valence-corrected chi connectivity index (χ2v) is 5.73. The molecule has 2 heterocycles. The first-order chi connectivity index (χ1) is 7.76. The Kier molecular flexibility index (Phi) is 3.95. The van der Waals surface area contributed by atoms with E-state index in [1.807, 2.05) is 0 Å². The van der Waals surface area contributed by atoms with E-state index < -0.39 is 0 Å². The van der Waals surface area contributed by atoms with Gasteiger partial charge in [0.25, 0.3) is 0 Å². The Bertz CT molecular complexity index is 287. The van der Waals surface area contributed by atoms with E-state index in [1.165, 1.54) is 25.7 Å². The fraction of sp³-hybridized carbons (Fsp3) is 0.917. The van der Waals surface area contributed by atoms with E-state index in [0.717, 1.165) is 26.2 Å². The van der Waals surface area contributed by atoms with Crippen LogP contribution in [-0.2, 0) is 4.79 Å². The standard InChI is InChI=1S/C12H21N3O.ClH/c16-11(14-10-1-2-10)7-15-6-4-12(9-15)3-5-13-8-12;/h10,13H,1-9H2,(H,14,16);1H. The molecular formula is C12H22ClN3O. The Morgan fingerprint density at radius 3 is 2.88 bits per heavy atom. The number of halogens is 1. The van der Waals surface area contributed by atoms with Gasteiger partial charge in [-0.25, -0.2) is 0 Å². The molecule has 1 spiro atoms. The van der Waals surface area contributed by atoms with Gasteiger partial charge in [0, 0.05) is 19.1 Å². The Balaban J connectivity index is 0.00000108. The smallest absolute Gasteiger partial charge is 0.234 e. The average molecular weight is 260 g/mol. The number of carbonyl (C=O) groups is 1. The first-order valence-electron chi connectivity index (χ1n) is 6.48. The second kappa shape index (κ2) is 5.12. The highest BCUT2D eigenvalue weighted by Crippen LogP contribution is 2.35. The largest absolute Gasteiger partial charge is 0.352 e. The van der Waals surface area contributed by atoms with Crippen molar-refractivity contribution in [1.29, 1.82) is 0 Å². The summed E-state index contributed by atoms with van der Waals surface area (Å²) in [6.45, 7) is 5.12. The van der Waals surface area contributed by atoms with Gasteiger partial charge in [0.15, 0.2) is 0 Å². The van der Waals surface area contributed by atoms with Crippen LogP contribution < -0.4 is 10.6 Å². The molecular weight excluding hydrogens is 238 g/mol. The van der Waals surface area contributed by atoms with Crippen molar-refractivity contribution in [2.75, 3.05) is 32.7 Å². The summed E-state index contributed by atoms with van der Waals surface area (Å²) in [6.07, 6.45) is 4.91. The van der Waals surface area contributed by atoms with Crippen LogP contribution in [0.2, 0.25) is 0 Å². The van der Waals surface area contributed by atoms with Crippen LogP contribution >= 0.6 is 12.4 Å². The lowest BCUT2D eigenvalue weighted by molar-refractivity contribution is -0.122. The molecule has 0 aromatic carbocycles. The topological polar surface area (TPSA) is 44.4 Å². The highest BCUT2D eigenvalue weighted by atomic mass is 35.5. The van der Waals surface area contributed by atoms with Crippen LogP contribution in [0.15, 0.2) is 0 Å². The average Bonchev–Trinajstić information content (AvgIpc) is 2.81. The number of hydrogen-bond acceptors (Lipinski definition) is 3. The third-order valence-electron chi connectivity index (χ3n) is 4.16. The summed E-state index contributed by atoms with van der Waals surface area (Å²) in [5, 5.41) is 6.51. The van der Waals surface area contributed by atoms with Crippen LogP contribution in [0.1, 0.15) is 25.7 Å². The monoisotopic (exact) mass is 259 g/mol. The highest BCUT2D eigenvalue weighted by molar-refractivity contribution is 5.85. The number of hydrogen-bond donors (Lipinski definition) is 2. The second-order valence-electron chi connectivity index (χ2n) is 5.73. The van der Waals surface area contributed by atoms with Crippen molar-refractivity contribution in [2.45, 2.75) is 31.7 Å². The molecule has 2 saturated heterocycles. The number of carbonyl (C=O) groups excluding carboxylic acids is 1.